The van der Waals surface area contributed by atoms with E-state index in [0.717, 1.165) is 11.1 Å². The van der Waals surface area contributed by atoms with Crippen molar-refractivity contribution >= 4 is 15.9 Å². The molecular formula is C21H35N3O3S. The Balaban J connectivity index is 2.07. The van der Waals surface area contributed by atoms with Crippen LogP contribution in [0, 0.1) is 13.8 Å². The number of benzene rings is 1. The normalized spacial score (nSPS) is 17.9. The van der Waals surface area contributed by atoms with E-state index in [-0.39, 0.29) is 24.0 Å². The molecule has 1 saturated heterocycles. The summed E-state index contributed by atoms with van der Waals surface area (Å²) in [5.41, 5.74) is 2.05. The summed E-state index contributed by atoms with van der Waals surface area (Å²) in [5.74, 6) is 0.107. The van der Waals surface area contributed by atoms with Crippen LogP contribution < -0.4 is 0 Å². The van der Waals surface area contributed by atoms with Gasteiger partial charge in [-0.15, -0.1) is 0 Å². The first kappa shape index (κ1) is 22.8. The molecular weight excluding hydrogens is 374 g/mol. The maximum absolute atomic E-state index is 13.0. The molecule has 28 heavy (non-hydrogen) atoms. The smallest absolute Gasteiger partial charge is 0.243 e. The van der Waals surface area contributed by atoms with E-state index in [9.17, 15) is 13.2 Å². The third-order valence-corrected chi connectivity index (χ3v) is 7.56. The molecule has 0 unspecified atom stereocenters. The first-order chi connectivity index (χ1) is 13.0. The second-order valence-corrected chi connectivity index (χ2v) is 10.2. The molecule has 1 heterocycles. The Morgan fingerprint density at radius 2 is 1.46 bits per heavy atom. The van der Waals surface area contributed by atoms with Crippen LogP contribution in [0.1, 0.15) is 45.7 Å². The van der Waals surface area contributed by atoms with Crippen molar-refractivity contribution in [1.29, 1.82) is 0 Å². The van der Waals surface area contributed by atoms with Crippen LogP contribution in [0.5, 0.6) is 0 Å². The summed E-state index contributed by atoms with van der Waals surface area (Å²) in [7, 11) is -3.50. The summed E-state index contributed by atoms with van der Waals surface area (Å²) < 4.78 is 27.5. The lowest BCUT2D eigenvalue weighted by Crippen LogP contribution is -2.57. The maximum Gasteiger partial charge on any atom is 0.243 e. The highest BCUT2D eigenvalue weighted by molar-refractivity contribution is 7.89. The van der Waals surface area contributed by atoms with Gasteiger partial charge in [-0.2, -0.15) is 4.31 Å². The fourth-order valence-corrected chi connectivity index (χ4v) is 5.34. The van der Waals surface area contributed by atoms with Gasteiger partial charge in [-0.05, 0) is 71.7 Å². The number of hydrogen-bond donors (Lipinski definition) is 0. The van der Waals surface area contributed by atoms with Crippen LogP contribution in [0.3, 0.4) is 0 Å². The number of carbonyl (C=O) groups excluding carboxylic acids is 1. The quantitative estimate of drug-likeness (QED) is 0.725. The molecule has 1 aromatic carbocycles. The fourth-order valence-electron chi connectivity index (χ4n) is 3.83. The van der Waals surface area contributed by atoms with E-state index in [2.05, 4.69) is 4.90 Å². The lowest BCUT2D eigenvalue weighted by molar-refractivity contribution is -0.140. The molecule has 2 rings (SSSR count). The summed E-state index contributed by atoms with van der Waals surface area (Å²) in [6.45, 7) is 15.8. The molecule has 1 atom stereocenters. The molecule has 1 aromatic rings. The van der Waals surface area contributed by atoms with Gasteiger partial charge >= 0.3 is 0 Å². The van der Waals surface area contributed by atoms with Crippen molar-refractivity contribution in [3.05, 3.63) is 29.3 Å². The summed E-state index contributed by atoms with van der Waals surface area (Å²) >= 11 is 0. The molecule has 0 bridgehead atoms. The Kier molecular flexibility index (Phi) is 7.28. The molecule has 1 aliphatic rings. The van der Waals surface area contributed by atoms with Gasteiger partial charge in [0.05, 0.1) is 10.9 Å². The molecule has 1 fully saturated rings. The van der Waals surface area contributed by atoms with Gasteiger partial charge in [-0.1, -0.05) is 6.07 Å². The fraction of sp³-hybridized carbons (Fsp3) is 0.667. The molecule has 0 aliphatic carbocycles. The molecule has 158 valence electrons. The van der Waals surface area contributed by atoms with Gasteiger partial charge in [-0.25, -0.2) is 8.42 Å². The molecule has 0 N–H and O–H groups in total. The van der Waals surface area contributed by atoms with Gasteiger partial charge in [0.15, 0.2) is 0 Å². The Morgan fingerprint density at radius 3 is 1.93 bits per heavy atom. The molecule has 7 heteroatoms. The van der Waals surface area contributed by atoms with Crippen molar-refractivity contribution in [2.24, 2.45) is 0 Å². The van der Waals surface area contributed by atoms with Crippen molar-refractivity contribution in [3.8, 4) is 0 Å². The largest absolute Gasteiger partial charge is 0.336 e. The second kappa shape index (κ2) is 8.93. The zero-order valence-electron chi connectivity index (χ0n) is 18.3. The highest BCUT2D eigenvalue weighted by Gasteiger charge is 2.34. The minimum absolute atomic E-state index is 0.107. The summed E-state index contributed by atoms with van der Waals surface area (Å²) in [4.78, 5) is 17.3. The van der Waals surface area contributed by atoms with E-state index in [4.69, 9.17) is 0 Å². The van der Waals surface area contributed by atoms with E-state index < -0.39 is 10.0 Å². The van der Waals surface area contributed by atoms with Crippen molar-refractivity contribution < 1.29 is 13.2 Å². The van der Waals surface area contributed by atoms with Gasteiger partial charge in [0.1, 0.15) is 0 Å². The molecule has 6 nitrogen and oxygen atoms in total. The van der Waals surface area contributed by atoms with Crippen LogP contribution >= 0.6 is 0 Å². The topological polar surface area (TPSA) is 60.9 Å². The Morgan fingerprint density at radius 1 is 0.929 bits per heavy atom. The van der Waals surface area contributed by atoms with Crippen molar-refractivity contribution in [2.45, 2.75) is 71.5 Å². The van der Waals surface area contributed by atoms with E-state index >= 15 is 0 Å². The highest BCUT2D eigenvalue weighted by Crippen LogP contribution is 2.21. The van der Waals surface area contributed by atoms with Gasteiger partial charge in [0, 0.05) is 38.3 Å². The number of piperazine rings is 1. The molecule has 1 amide bonds. The first-order valence-corrected chi connectivity index (χ1v) is 11.5. The summed E-state index contributed by atoms with van der Waals surface area (Å²) in [6.07, 6.45) is 0. The van der Waals surface area contributed by atoms with Crippen molar-refractivity contribution in [2.75, 3.05) is 26.2 Å². The number of hydrogen-bond acceptors (Lipinski definition) is 4. The number of nitrogens with zero attached hydrogens (tertiary/aromatic N) is 3. The van der Waals surface area contributed by atoms with Gasteiger partial charge in [-0.3, -0.25) is 9.69 Å². The SMILES string of the molecule is Cc1ccc(S(=O)(=O)N2CCN([C@H](C)C(=O)N(C(C)C)C(C)C)CC2)cc1C. The van der Waals surface area contributed by atoms with E-state index in [1.165, 1.54) is 4.31 Å². The monoisotopic (exact) mass is 409 g/mol. The van der Waals surface area contributed by atoms with Crippen LogP contribution in [-0.2, 0) is 14.8 Å². The van der Waals surface area contributed by atoms with Gasteiger partial charge < -0.3 is 4.90 Å². The average Bonchev–Trinajstić information content (AvgIpc) is 2.62. The first-order valence-electron chi connectivity index (χ1n) is 10.1. The Bertz CT molecular complexity index is 789. The molecule has 0 radical (unpaired) electrons. The number of aryl methyl sites for hydroxylation is 2. The van der Waals surface area contributed by atoms with E-state index in [1.54, 1.807) is 12.1 Å². The molecule has 1 aliphatic heterocycles. The van der Waals surface area contributed by atoms with Crippen molar-refractivity contribution in [3.63, 3.8) is 0 Å². The van der Waals surface area contributed by atoms with E-state index in [1.807, 2.05) is 59.4 Å². The predicted molar refractivity (Wildman–Crippen MR) is 113 cm³/mol. The van der Waals surface area contributed by atoms with Crippen LogP contribution in [0.2, 0.25) is 0 Å². The standard InChI is InChI=1S/C21H35N3O3S/c1-15(2)24(16(3)4)21(25)19(7)22-10-12-23(13-11-22)28(26,27)20-9-8-17(5)18(6)14-20/h8-9,14-16,19H,10-13H2,1-7H3/t19-/m1/s1. The number of carbonyl (C=O) groups is 1. The Hall–Kier alpha value is -1.44. The predicted octanol–water partition coefficient (Wildman–Crippen LogP) is 2.64. The second-order valence-electron chi connectivity index (χ2n) is 8.30. The average molecular weight is 410 g/mol. The number of sulfonamides is 1. The maximum atomic E-state index is 13.0. The minimum atomic E-state index is -3.50. The third kappa shape index (κ3) is 4.75. The molecule has 0 spiro atoms. The highest BCUT2D eigenvalue weighted by atomic mass is 32.2. The summed E-state index contributed by atoms with van der Waals surface area (Å²) in [6, 6.07) is 5.30. The minimum Gasteiger partial charge on any atom is -0.336 e. The lowest BCUT2D eigenvalue weighted by Gasteiger charge is -2.40. The van der Waals surface area contributed by atoms with Crippen LogP contribution in [0.4, 0.5) is 0 Å². The van der Waals surface area contributed by atoms with E-state index in [0.29, 0.717) is 31.1 Å². The number of rotatable bonds is 6. The molecule has 0 saturated carbocycles. The molecule has 0 aromatic heterocycles. The zero-order chi connectivity index (χ0) is 21.2. The number of amides is 1. The lowest BCUT2D eigenvalue weighted by atomic mass is 10.1. The Labute approximate surface area is 170 Å². The van der Waals surface area contributed by atoms with Crippen molar-refractivity contribution in [1.82, 2.24) is 14.1 Å². The summed E-state index contributed by atoms with van der Waals surface area (Å²) in [5, 5.41) is 0. The van der Waals surface area contributed by atoms with Crippen LogP contribution in [0.15, 0.2) is 23.1 Å². The third-order valence-electron chi connectivity index (χ3n) is 5.66. The zero-order valence-corrected chi connectivity index (χ0v) is 19.1. The van der Waals surface area contributed by atoms with Crippen LogP contribution in [0.25, 0.3) is 0 Å². The van der Waals surface area contributed by atoms with Crippen LogP contribution in [-0.4, -0.2) is 72.7 Å². The van der Waals surface area contributed by atoms with Gasteiger partial charge in [0.2, 0.25) is 15.9 Å². The van der Waals surface area contributed by atoms with Gasteiger partial charge in [0.25, 0.3) is 0 Å².